The van der Waals surface area contributed by atoms with E-state index in [2.05, 4.69) is 45.8 Å². The van der Waals surface area contributed by atoms with Crippen LogP contribution in [0.3, 0.4) is 0 Å². The molecule has 2 aliphatic rings. The SMILES string of the molecule is c1ccc(-n2cc(CNCC3(N4CCCCC4)CCCCC3)cn2)cc1. The van der Waals surface area contributed by atoms with Crippen LogP contribution in [0.5, 0.6) is 0 Å². The Kier molecular flexibility index (Phi) is 5.71. The lowest BCUT2D eigenvalue weighted by atomic mass is 9.79. The monoisotopic (exact) mass is 352 g/mol. The van der Waals surface area contributed by atoms with E-state index in [4.69, 9.17) is 0 Å². The van der Waals surface area contributed by atoms with Crippen LogP contribution in [0.15, 0.2) is 42.7 Å². The molecule has 2 aromatic rings. The molecule has 1 saturated heterocycles. The molecule has 1 aliphatic carbocycles. The molecule has 140 valence electrons. The highest BCUT2D eigenvalue weighted by Crippen LogP contribution is 2.35. The molecule has 4 nitrogen and oxygen atoms in total. The van der Waals surface area contributed by atoms with Crippen LogP contribution < -0.4 is 5.32 Å². The van der Waals surface area contributed by atoms with Crippen molar-refractivity contribution in [1.29, 1.82) is 0 Å². The zero-order valence-corrected chi connectivity index (χ0v) is 15.9. The number of likely N-dealkylation sites (tertiary alicyclic amines) is 1. The average Bonchev–Trinajstić information content (AvgIpc) is 3.19. The molecule has 0 spiro atoms. The Balaban J connectivity index is 1.37. The second kappa shape index (κ2) is 8.36. The molecule has 2 fully saturated rings. The number of hydrogen-bond donors (Lipinski definition) is 1. The Bertz CT molecular complexity index is 666. The molecule has 26 heavy (non-hydrogen) atoms. The summed E-state index contributed by atoms with van der Waals surface area (Å²) in [7, 11) is 0. The third-order valence-corrected chi connectivity index (χ3v) is 6.25. The van der Waals surface area contributed by atoms with Crippen molar-refractivity contribution in [2.75, 3.05) is 19.6 Å². The molecular formula is C22H32N4. The van der Waals surface area contributed by atoms with Crippen LogP contribution in [0.4, 0.5) is 0 Å². The molecule has 0 radical (unpaired) electrons. The van der Waals surface area contributed by atoms with Gasteiger partial charge in [-0.1, -0.05) is 43.9 Å². The van der Waals surface area contributed by atoms with Crippen LogP contribution in [0.2, 0.25) is 0 Å². The standard InChI is InChI=1S/C22H32N4/c1-4-10-21(11-5-1)26-18-20(17-24-26)16-23-19-22(12-6-2-7-13-22)25-14-8-3-9-15-25/h1,4-5,10-11,17-18,23H,2-3,6-9,12-16,19H2. The van der Waals surface area contributed by atoms with Gasteiger partial charge < -0.3 is 5.32 Å². The van der Waals surface area contributed by atoms with Gasteiger partial charge in [0.25, 0.3) is 0 Å². The molecule has 0 amide bonds. The average molecular weight is 353 g/mol. The van der Waals surface area contributed by atoms with Crippen LogP contribution in [0.1, 0.15) is 56.9 Å². The third kappa shape index (κ3) is 4.02. The summed E-state index contributed by atoms with van der Waals surface area (Å²) in [6.45, 7) is 4.62. The largest absolute Gasteiger partial charge is 0.311 e. The molecule has 4 rings (SSSR count). The van der Waals surface area contributed by atoms with Crippen molar-refractivity contribution >= 4 is 0 Å². The van der Waals surface area contributed by atoms with E-state index in [1.165, 1.54) is 70.0 Å². The summed E-state index contributed by atoms with van der Waals surface area (Å²) in [6.07, 6.45) is 15.3. The summed E-state index contributed by atoms with van der Waals surface area (Å²) < 4.78 is 1.97. The smallest absolute Gasteiger partial charge is 0.0645 e. The molecular weight excluding hydrogens is 320 g/mol. The van der Waals surface area contributed by atoms with E-state index in [1.807, 2.05) is 16.9 Å². The molecule has 0 atom stereocenters. The van der Waals surface area contributed by atoms with Crippen molar-refractivity contribution in [3.8, 4) is 5.69 Å². The van der Waals surface area contributed by atoms with E-state index in [-0.39, 0.29) is 0 Å². The number of piperidine rings is 1. The highest BCUT2D eigenvalue weighted by atomic mass is 15.3. The van der Waals surface area contributed by atoms with Gasteiger partial charge in [-0.3, -0.25) is 4.90 Å². The number of nitrogens with zero attached hydrogens (tertiary/aromatic N) is 3. The Morgan fingerprint density at radius 2 is 1.65 bits per heavy atom. The zero-order chi connectivity index (χ0) is 17.7. The second-order valence-corrected chi connectivity index (χ2v) is 8.06. The van der Waals surface area contributed by atoms with E-state index < -0.39 is 0 Å². The molecule has 1 saturated carbocycles. The van der Waals surface area contributed by atoms with Gasteiger partial charge in [0.05, 0.1) is 11.9 Å². The van der Waals surface area contributed by atoms with Crippen LogP contribution in [-0.4, -0.2) is 39.9 Å². The minimum atomic E-state index is 0.397. The van der Waals surface area contributed by atoms with E-state index in [0.717, 1.165) is 18.8 Å². The Labute approximate surface area is 157 Å². The van der Waals surface area contributed by atoms with Gasteiger partial charge in [-0.15, -0.1) is 0 Å². The van der Waals surface area contributed by atoms with Gasteiger partial charge in [0.2, 0.25) is 0 Å². The number of hydrogen-bond acceptors (Lipinski definition) is 3. The first-order valence-corrected chi connectivity index (χ1v) is 10.4. The molecule has 0 bridgehead atoms. The fourth-order valence-corrected chi connectivity index (χ4v) is 4.80. The van der Waals surface area contributed by atoms with Crippen molar-refractivity contribution in [1.82, 2.24) is 20.0 Å². The number of benzene rings is 1. The molecule has 0 unspecified atom stereocenters. The third-order valence-electron chi connectivity index (χ3n) is 6.25. The van der Waals surface area contributed by atoms with Crippen molar-refractivity contribution < 1.29 is 0 Å². The van der Waals surface area contributed by atoms with Crippen molar-refractivity contribution in [3.63, 3.8) is 0 Å². The van der Waals surface area contributed by atoms with E-state index in [9.17, 15) is 0 Å². The zero-order valence-electron chi connectivity index (χ0n) is 15.9. The molecule has 1 aromatic heterocycles. The number of para-hydroxylation sites is 1. The lowest BCUT2D eigenvalue weighted by molar-refractivity contribution is 0.0333. The Morgan fingerprint density at radius 3 is 2.42 bits per heavy atom. The first kappa shape index (κ1) is 17.7. The van der Waals surface area contributed by atoms with Crippen LogP contribution in [0.25, 0.3) is 5.69 Å². The van der Waals surface area contributed by atoms with E-state index in [0.29, 0.717) is 5.54 Å². The summed E-state index contributed by atoms with van der Waals surface area (Å²) in [5.74, 6) is 0. The Hall–Kier alpha value is -1.65. The van der Waals surface area contributed by atoms with Gasteiger partial charge >= 0.3 is 0 Å². The van der Waals surface area contributed by atoms with E-state index in [1.54, 1.807) is 0 Å². The molecule has 1 aromatic carbocycles. The fourth-order valence-electron chi connectivity index (χ4n) is 4.80. The normalized spacial score (nSPS) is 20.9. The van der Waals surface area contributed by atoms with Gasteiger partial charge in [-0.05, 0) is 50.9 Å². The lowest BCUT2D eigenvalue weighted by Gasteiger charge is -2.48. The van der Waals surface area contributed by atoms with Gasteiger partial charge in [-0.2, -0.15) is 5.10 Å². The number of aromatic nitrogens is 2. The minimum absolute atomic E-state index is 0.397. The van der Waals surface area contributed by atoms with Gasteiger partial charge in [0.1, 0.15) is 0 Å². The first-order valence-electron chi connectivity index (χ1n) is 10.4. The van der Waals surface area contributed by atoms with Gasteiger partial charge in [0, 0.05) is 30.4 Å². The predicted octanol–water partition coefficient (Wildman–Crippen LogP) is 4.15. The predicted molar refractivity (Wildman–Crippen MR) is 107 cm³/mol. The molecule has 2 heterocycles. The molecule has 1 aliphatic heterocycles. The summed E-state index contributed by atoms with van der Waals surface area (Å²) in [5.41, 5.74) is 2.78. The summed E-state index contributed by atoms with van der Waals surface area (Å²) in [5, 5.41) is 8.30. The topological polar surface area (TPSA) is 33.1 Å². The van der Waals surface area contributed by atoms with Crippen molar-refractivity contribution in [3.05, 3.63) is 48.3 Å². The number of rotatable bonds is 6. The molecule has 1 N–H and O–H groups in total. The maximum Gasteiger partial charge on any atom is 0.0645 e. The highest BCUT2D eigenvalue weighted by molar-refractivity contribution is 5.30. The summed E-state index contributed by atoms with van der Waals surface area (Å²) in [4.78, 5) is 2.82. The van der Waals surface area contributed by atoms with Gasteiger partial charge in [0.15, 0.2) is 0 Å². The van der Waals surface area contributed by atoms with E-state index >= 15 is 0 Å². The van der Waals surface area contributed by atoms with Crippen LogP contribution in [0, 0.1) is 0 Å². The van der Waals surface area contributed by atoms with Crippen LogP contribution >= 0.6 is 0 Å². The second-order valence-electron chi connectivity index (χ2n) is 8.06. The summed E-state index contributed by atoms with van der Waals surface area (Å²) in [6, 6.07) is 10.3. The maximum absolute atomic E-state index is 4.53. The van der Waals surface area contributed by atoms with Crippen molar-refractivity contribution in [2.24, 2.45) is 0 Å². The van der Waals surface area contributed by atoms with Crippen molar-refractivity contribution in [2.45, 2.75) is 63.5 Å². The first-order chi connectivity index (χ1) is 12.9. The lowest BCUT2D eigenvalue weighted by Crippen LogP contribution is -2.57. The molecule has 4 heteroatoms. The van der Waals surface area contributed by atoms with Gasteiger partial charge in [-0.25, -0.2) is 4.68 Å². The minimum Gasteiger partial charge on any atom is -0.311 e. The number of nitrogens with one attached hydrogen (secondary N) is 1. The highest BCUT2D eigenvalue weighted by Gasteiger charge is 2.37. The summed E-state index contributed by atoms with van der Waals surface area (Å²) >= 11 is 0. The Morgan fingerprint density at radius 1 is 0.923 bits per heavy atom. The van der Waals surface area contributed by atoms with Crippen LogP contribution in [-0.2, 0) is 6.54 Å². The maximum atomic E-state index is 4.53. The fraction of sp³-hybridized carbons (Fsp3) is 0.591. The quantitative estimate of drug-likeness (QED) is 0.848.